The molecule has 2 aliphatic carbocycles. The minimum atomic E-state index is -4.27. The van der Waals surface area contributed by atoms with E-state index in [-0.39, 0.29) is 22.2 Å². The summed E-state index contributed by atoms with van der Waals surface area (Å²) in [5.41, 5.74) is 24.4. The van der Waals surface area contributed by atoms with E-state index < -0.39 is 20.2 Å². The molecule has 95 heavy (non-hydrogen) atoms. The van der Waals surface area contributed by atoms with Gasteiger partial charge in [-0.2, -0.15) is 0 Å². The van der Waals surface area contributed by atoms with Crippen molar-refractivity contribution in [2.75, 3.05) is 85.0 Å². The molecule has 0 saturated carbocycles. The number of anilines is 4. The van der Waals surface area contributed by atoms with Gasteiger partial charge in [-0.15, -0.1) is 0 Å². The van der Waals surface area contributed by atoms with E-state index in [2.05, 4.69) is 269 Å². The first-order valence-electron chi connectivity index (χ1n) is 33.0. The van der Waals surface area contributed by atoms with Crippen molar-refractivity contribution in [1.82, 2.24) is 0 Å². The summed E-state index contributed by atoms with van der Waals surface area (Å²) in [6, 6.07) is 65.5. The zero-order chi connectivity index (χ0) is 68.0. The van der Waals surface area contributed by atoms with Crippen molar-refractivity contribution >= 4 is 76.7 Å². The first kappa shape index (κ1) is 75.4. The number of hydrogen-bond donors (Lipinski definition) is 2. The molecular formula is C80H94ClN6O6S2-. The van der Waals surface area contributed by atoms with E-state index in [1.807, 2.05) is 13.8 Å². The van der Waals surface area contributed by atoms with Crippen molar-refractivity contribution in [3.05, 3.63) is 274 Å². The number of nitrogens with one attached hydrogen (secondary N) is 2. The van der Waals surface area contributed by atoms with Crippen LogP contribution >= 0.6 is 0 Å². The zero-order valence-electron chi connectivity index (χ0n) is 57.3. The minimum Gasteiger partial charge on any atom is -1.00 e. The quantitative estimate of drug-likeness (QED) is 0.0705. The van der Waals surface area contributed by atoms with E-state index in [9.17, 15) is 25.9 Å². The molecule has 12 nitrogen and oxygen atoms in total. The van der Waals surface area contributed by atoms with Crippen molar-refractivity contribution in [2.45, 2.75) is 92.9 Å². The van der Waals surface area contributed by atoms with E-state index in [1.165, 1.54) is 125 Å². The monoisotopic (exact) mass is 1330 g/mol. The average Bonchev–Trinajstić information content (AvgIpc) is 0.788. The third kappa shape index (κ3) is 19.7. The molecule has 8 aromatic carbocycles. The van der Waals surface area contributed by atoms with Crippen LogP contribution in [0.25, 0.3) is 22.3 Å². The molecule has 0 fully saturated rings. The van der Waals surface area contributed by atoms with E-state index in [0.29, 0.717) is 0 Å². The average molecular weight is 1340 g/mol. The first-order chi connectivity index (χ1) is 45.3. The minimum absolute atomic E-state index is 0. The highest BCUT2D eigenvalue weighted by Crippen LogP contribution is 2.40. The maximum Gasteiger partial charge on any atom is 0.206 e. The largest absolute Gasteiger partial charge is 1.00 e. The Morgan fingerprint density at radius 3 is 0.768 bits per heavy atom. The Bertz CT molecular complexity index is 3800. The molecule has 8 aromatic rings. The Morgan fingerprint density at radius 2 is 0.558 bits per heavy atom. The number of rotatable bonds is 20. The van der Waals surface area contributed by atoms with Gasteiger partial charge in [-0.1, -0.05) is 120 Å². The molecule has 15 heteroatoms. The Hall–Kier alpha value is -8.63. The summed E-state index contributed by atoms with van der Waals surface area (Å²) in [4.78, 5) is 16.3. The third-order valence-electron chi connectivity index (χ3n) is 16.9. The molecule has 0 aliphatic heterocycles. The number of benzene rings is 8. The van der Waals surface area contributed by atoms with Crippen LogP contribution in [0.1, 0.15) is 125 Å². The van der Waals surface area contributed by atoms with Gasteiger partial charge in [0.05, 0.1) is 20.9 Å². The third-order valence-corrected chi connectivity index (χ3v) is 18.6. The molecule has 0 saturated heterocycles. The lowest BCUT2D eigenvalue weighted by molar-refractivity contribution is -0.451. The van der Waals surface area contributed by atoms with Crippen molar-refractivity contribution in [1.29, 1.82) is 0 Å². The summed E-state index contributed by atoms with van der Waals surface area (Å²) >= 11 is 0. The predicted octanol–water partition coefficient (Wildman–Crippen LogP) is 10.4. The highest BCUT2D eigenvalue weighted by molar-refractivity contribution is 7.86. The maximum absolute atomic E-state index is 10.4. The number of allylic oxidation sites excluding steroid dienone is 6. The normalized spacial score (nSPS) is 12.9. The van der Waals surface area contributed by atoms with Crippen LogP contribution in [-0.2, 0) is 20.2 Å². The second kappa shape index (κ2) is 36.3. The van der Waals surface area contributed by atoms with Gasteiger partial charge in [-0.05, 0) is 236 Å². The molecule has 2 aliphatic rings. The van der Waals surface area contributed by atoms with Crippen LogP contribution in [0.3, 0.4) is 0 Å². The molecule has 500 valence electrons. The summed E-state index contributed by atoms with van der Waals surface area (Å²) in [6.07, 6.45) is 9.03. The SMILES string of the molecule is CC[NH+]=C1C=CC(=C(c2ccc(N(CC)CC)cc2)c2ccc(N(CC)CC)cc2)c2ccccc21.CC[NH+]=C1C=CC(=C(c2ccc(N(CC)CC)cc2)c2ccc(N(CC)CC)cc2)c2ccccc21.Cc1ccc(S(=O)(=O)[O-])cc1.Cc1ccc(S(=O)(=O)[O-])cc1.[Cl-]. The maximum atomic E-state index is 10.4. The van der Waals surface area contributed by atoms with Crippen LogP contribution < -0.4 is 42.0 Å². The van der Waals surface area contributed by atoms with Crippen LogP contribution in [0, 0.1) is 13.8 Å². The topological polar surface area (TPSA) is 155 Å². The lowest BCUT2D eigenvalue weighted by Gasteiger charge is -2.24. The van der Waals surface area contributed by atoms with Crippen molar-refractivity contribution in [3.8, 4) is 0 Å². The summed E-state index contributed by atoms with van der Waals surface area (Å²) in [5.74, 6) is 0. The van der Waals surface area contributed by atoms with Gasteiger partial charge in [0.1, 0.15) is 33.3 Å². The molecule has 0 heterocycles. The fourth-order valence-corrected chi connectivity index (χ4v) is 12.7. The molecule has 10 rings (SSSR count). The summed E-state index contributed by atoms with van der Waals surface area (Å²) < 4.78 is 62.3. The van der Waals surface area contributed by atoms with Gasteiger partial charge in [-0.25, -0.2) is 26.8 Å². The van der Waals surface area contributed by atoms with Gasteiger partial charge in [0, 0.05) is 87.3 Å². The first-order valence-corrected chi connectivity index (χ1v) is 35.8. The summed E-state index contributed by atoms with van der Waals surface area (Å²) in [5, 5.41) is 0. The fraction of sp³-hybridized carbons (Fsp3) is 0.275. The molecule has 0 bridgehead atoms. The molecule has 0 unspecified atom stereocenters. The lowest BCUT2D eigenvalue weighted by Crippen LogP contribution is -3.00. The summed E-state index contributed by atoms with van der Waals surface area (Å²) in [7, 11) is -8.54. The van der Waals surface area contributed by atoms with Gasteiger partial charge in [0.2, 0.25) is 11.4 Å². The zero-order valence-corrected chi connectivity index (χ0v) is 59.7. The highest BCUT2D eigenvalue weighted by atomic mass is 35.5. The Morgan fingerprint density at radius 1 is 0.326 bits per heavy atom. The van der Waals surface area contributed by atoms with Crippen LogP contribution in [0.4, 0.5) is 22.7 Å². The number of nitrogens with zero attached hydrogens (tertiary/aromatic N) is 4. The Balaban J connectivity index is 0.000000226. The molecule has 2 N–H and O–H groups in total. The van der Waals surface area contributed by atoms with E-state index in [4.69, 9.17) is 0 Å². The number of halogens is 1. The lowest BCUT2D eigenvalue weighted by atomic mass is 9.83. The van der Waals surface area contributed by atoms with E-state index in [1.54, 1.807) is 24.3 Å². The second-order valence-electron chi connectivity index (χ2n) is 22.6. The molecule has 0 atom stereocenters. The number of hydrogen-bond acceptors (Lipinski definition) is 10. The van der Waals surface area contributed by atoms with E-state index in [0.717, 1.165) is 76.6 Å². The van der Waals surface area contributed by atoms with Crippen LogP contribution in [0.15, 0.2) is 228 Å². The fourth-order valence-electron chi connectivity index (χ4n) is 11.8. The van der Waals surface area contributed by atoms with Gasteiger partial charge < -0.3 is 41.1 Å². The Labute approximate surface area is 573 Å². The summed E-state index contributed by atoms with van der Waals surface area (Å²) in [6.45, 7) is 35.5. The van der Waals surface area contributed by atoms with Crippen LogP contribution in [-0.4, -0.2) is 103 Å². The Kier molecular flexibility index (Phi) is 28.8. The van der Waals surface area contributed by atoms with Gasteiger partial charge in [-0.3, -0.25) is 0 Å². The van der Waals surface area contributed by atoms with Gasteiger partial charge in [0.25, 0.3) is 0 Å². The van der Waals surface area contributed by atoms with Crippen LogP contribution in [0.2, 0.25) is 0 Å². The predicted molar refractivity (Wildman–Crippen MR) is 393 cm³/mol. The number of aryl methyl sites for hydroxylation is 2. The van der Waals surface area contributed by atoms with E-state index >= 15 is 0 Å². The standard InChI is InChI=1S/2C33H39N3.2C7H8O3S.ClH/c2*1-6-34-32-24-23-31(29-13-11-12-14-30(29)32)33(25-15-19-27(20-16-25)35(7-2)8-3)26-17-21-28(22-18-26)36(9-4)10-5;2*1-6-2-4-7(5-3-6)11(8,9)10;/h2*11-24H,6-10H2,1-5H3;2*2-5H,1H3,(H,8,9,10);1H/p-1. The molecule has 0 radical (unpaired) electrons. The molecule has 0 spiro atoms. The molecule has 0 amide bonds. The van der Waals surface area contributed by atoms with Crippen molar-refractivity contribution in [2.24, 2.45) is 0 Å². The van der Waals surface area contributed by atoms with Gasteiger partial charge in [0.15, 0.2) is 0 Å². The van der Waals surface area contributed by atoms with Crippen LogP contribution in [0.5, 0.6) is 0 Å². The van der Waals surface area contributed by atoms with Crippen molar-refractivity contribution in [3.63, 3.8) is 0 Å². The van der Waals surface area contributed by atoms with Gasteiger partial charge >= 0.3 is 0 Å². The van der Waals surface area contributed by atoms with Crippen molar-refractivity contribution < 1.29 is 48.3 Å². The second-order valence-corrected chi connectivity index (χ2v) is 25.4. The molecule has 0 aromatic heterocycles. The molecular weight excluding hydrogens is 1240 g/mol. The smallest absolute Gasteiger partial charge is 0.206 e. The number of fused-ring (bicyclic) bond motifs is 2. The highest BCUT2D eigenvalue weighted by Gasteiger charge is 2.25.